The van der Waals surface area contributed by atoms with Crippen LogP contribution in [-0.4, -0.2) is 30.0 Å². The van der Waals surface area contributed by atoms with E-state index in [1.807, 2.05) is 36.4 Å². The van der Waals surface area contributed by atoms with E-state index in [-0.39, 0.29) is 11.9 Å². The molecule has 1 fully saturated rings. The molecule has 28 heavy (non-hydrogen) atoms. The second-order valence-corrected chi connectivity index (χ2v) is 7.07. The topological polar surface area (TPSA) is 82.2 Å². The van der Waals surface area contributed by atoms with Crippen LogP contribution in [0.5, 0.6) is 0 Å². The molecular weight excluding hydrogens is 352 g/mol. The normalized spacial score (nSPS) is 16.2. The highest BCUT2D eigenvalue weighted by Crippen LogP contribution is 2.28. The monoisotopic (exact) mass is 374 g/mol. The second-order valence-electron chi connectivity index (χ2n) is 7.07. The van der Waals surface area contributed by atoms with E-state index in [1.54, 1.807) is 12.1 Å². The van der Waals surface area contributed by atoms with Gasteiger partial charge in [-0.25, -0.2) is 0 Å². The Kier molecular flexibility index (Phi) is 5.24. The van der Waals surface area contributed by atoms with Crippen LogP contribution in [0.15, 0.2) is 52.9 Å². The number of benzene rings is 2. The maximum absolute atomic E-state index is 12.3. The van der Waals surface area contributed by atoms with E-state index in [4.69, 9.17) is 9.68 Å². The minimum absolute atomic E-state index is 0.0359. The first-order valence-electron chi connectivity index (χ1n) is 9.61. The first-order chi connectivity index (χ1) is 13.7. The molecule has 4 rings (SSSR count). The Hall–Kier alpha value is -3.33. The molecule has 1 amide bonds. The summed E-state index contributed by atoms with van der Waals surface area (Å²) in [6.07, 6.45) is 3.16. The summed E-state index contributed by atoms with van der Waals surface area (Å²) in [6.45, 7) is 1.48. The predicted molar refractivity (Wildman–Crippen MR) is 107 cm³/mol. The number of rotatable bonds is 6. The average Bonchev–Trinajstić information content (AvgIpc) is 3.37. The number of para-hydroxylation sites is 2. The van der Waals surface area contributed by atoms with Crippen LogP contribution < -0.4 is 10.2 Å². The van der Waals surface area contributed by atoms with Gasteiger partial charge in [-0.3, -0.25) is 4.79 Å². The Labute approximate surface area is 163 Å². The standard InChI is InChI=1S/C22H22N4O2/c23-14-17-9-7-16(8-10-17)11-12-21(27)24-15-18-4-3-13-26(18)22-25-19-5-1-2-6-20(19)28-22/h1-2,5-10,18H,3-4,11-13,15H2,(H,24,27)/t18-/m1/s1. The van der Waals surface area contributed by atoms with Crippen molar-refractivity contribution in [3.8, 4) is 6.07 Å². The first kappa shape index (κ1) is 18.1. The van der Waals surface area contributed by atoms with E-state index in [1.165, 1.54) is 0 Å². The average molecular weight is 374 g/mol. The van der Waals surface area contributed by atoms with Crippen molar-refractivity contribution in [2.75, 3.05) is 18.0 Å². The smallest absolute Gasteiger partial charge is 0.298 e. The molecule has 0 saturated carbocycles. The van der Waals surface area contributed by atoms with Gasteiger partial charge in [0.1, 0.15) is 5.52 Å². The summed E-state index contributed by atoms with van der Waals surface area (Å²) in [4.78, 5) is 19.0. The number of hydrogen-bond acceptors (Lipinski definition) is 5. The molecule has 0 aliphatic carbocycles. The number of carbonyl (C=O) groups is 1. The molecule has 1 aromatic heterocycles. The fraction of sp³-hybridized carbons (Fsp3) is 0.318. The maximum Gasteiger partial charge on any atom is 0.298 e. The van der Waals surface area contributed by atoms with E-state index in [9.17, 15) is 4.79 Å². The second kappa shape index (κ2) is 8.13. The minimum atomic E-state index is 0.0359. The van der Waals surface area contributed by atoms with Crippen LogP contribution in [0.1, 0.15) is 30.4 Å². The number of carbonyl (C=O) groups excluding carboxylic acids is 1. The van der Waals surface area contributed by atoms with Crippen molar-refractivity contribution in [1.82, 2.24) is 10.3 Å². The van der Waals surface area contributed by atoms with Crippen LogP contribution in [0.4, 0.5) is 6.01 Å². The van der Waals surface area contributed by atoms with E-state index in [0.29, 0.717) is 31.0 Å². The molecule has 1 saturated heterocycles. The molecule has 0 spiro atoms. The lowest BCUT2D eigenvalue weighted by molar-refractivity contribution is -0.121. The summed E-state index contributed by atoms with van der Waals surface area (Å²) in [5.41, 5.74) is 3.33. The molecule has 2 aromatic carbocycles. The summed E-state index contributed by atoms with van der Waals surface area (Å²) in [6, 6.07) is 18.0. The van der Waals surface area contributed by atoms with Crippen molar-refractivity contribution in [2.45, 2.75) is 31.7 Å². The highest BCUT2D eigenvalue weighted by atomic mass is 16.4. The van der Waals surface area contributed by atoms with Gasteiger partial charge in [0, 0.05) is 19.5 Å². The summed E-state index contributed by atoms with van der Waals surface area (Å²) in [5, 5.41) is 11.9. The van der Waals surface area contributed by atoms with Crippen LogP contribution in [0.3, 0.4) is 0 Å². The number of aryl methyl sites for hydroxylation is 1. The molecule has 6 nitrogen and oxygen atoms in total. The van der Waals surface area contributed by atoms with Crippen molar-refractivity contribution in [3.05, 3.63) is 59.7 Å². The van der Waals surface area contributed by atoms with Gasteiger partial charge in [0.2, 0.25) is 5.91 Å². The van der Waals surface area contributed by atoms with Gasteiger partial charge in [-0.05, 0) is 49.1 Å². The lowest BCUT2D eigenvalue weighted by Gasteiger charge is -2.23. The number of amides is 1. The number of nitriles is 1. The lowest BCUT2D eigenvalue weighted by Crippen LogP contribution is -2.40. The van der Waals surface area contributed by atoms with Crippen LogP contribution in [0.2, 0.25) is 0 Å². The fourth-order valence-electron chi connectivity index (χ4n) is 3.61. The van der Waals surface area contributed by atoms with E-state index >= 15 is 0 Å². The Morgan fingerprint density at radius 1 is 1.25 bits per heavy atom. The molecule has 1 aliphatic heterocycles. The predicted octanol–water partition coefficient (Wildman–Crippen LogP) is 3.42. The molecule has 1 atom stereocenters. The molecule has 142 valence electrons. The molecule has 0 unspecified atom stereocenters. The highest BCUT2D eigenvalue weighted by Gasteiger charge is 2.28. The highest BCUT2D eigenvalue weighted by molar-refractivity contribution is 5.76. The zero-order valence-electron chi connectivity index (χ0n) is 15.6. The van der Waals surface area contributed by atoms with Gasteiger partial charge in [-0.15, -0.1) is 0 Å². The Morgan fingerprint density at radius 3 is 2.86 bits per heavy atom. The van der Waals surface area contributed by atoms with Crippen molar-refractivity contribution in [2.24, 2.45) is 0 Å². The van der Waals surface area contributed by atoms with Crippen LogP contribution in [0, 0.1) is 11.3 Å². The SMILES string of the molecule is N#Cc1ccc(CCC(=O)NC[C@H]2CCCN2c2nc3ccccc3o2)cc1. The number of anilines is 1. The van der Waals surface area contributed by atoms with Crippen molar-refractivity contribution in [1.29, 1.82) is 5.26 Å². The maximum atomic E-state index is 12.3. The lowest BCUT2D eigenvalue weighted by atomic mass is 10.1. The Balaban J connectivity index is 1.30. The summed E-state index contributed by atoms with van der Waals surface area (Å²) in [7, 11) is 0. The first-order valence-corrected chi connectivity index (χ1v) is 9.61. The van der Waals surface area contributed by atoms with Gasteiger partial charge in [0.05, 0.1) is 17.7 Å². The minimum Gasteiger partial charge on any atom is -0.423 e. The molecular formula is C22H22N4O2. The Morgan fingerprint density at radius 2 is 2.07 bits per heavy atom. The van der Waals surface area contributed by atoms with E-state index < -0.39 is 0 Å². The van der Waals surface area contributed by atoms with Gasteiger partial charge in [0.15, 0.2) is 5.58 Å². The largest absolute Gasteiger partial charge is 0.423 e. The number of fused-ring (bicyclic) bond motifs is 1. The third-order valence-electron chi connectivity index (χ3n) is 5.16. The van der Waals surface area contributed by atoms with Gasteiger partial charge >= 0.3 is 0 Å². The van der Waals surface area contributed by atoms with E-state index in [0.717, 1.165) is 36.0 Å². The van der Waals surface area contributed by atoms with E-state index in [2.05, 4.69) is 21.3 Å². The third kappa shape index (κ3) is 3.99. The zero-order valence-corrected chi connectivity index (χ0v) is 15.6. The fourth-order valence-corrected chi connectivity index (χ4v) is 3.61. The Bertz CT molecular complexity index is 970. The quantitative estimate of drug-likeness (QED) is 0.715. The summed E-state index contributed by atoms with van der Waals surface area (Å²) >= 11 is 0. The zero-order chi connectivity index (χ0) is 19.3. The van der Waals surface area contributed by atoms with Gasteiger partial charge in [-0.1, -0.05) is 24.3 Å². The van der Waals surface area contributed by atoms with Crippen molar-refractivity contribution >= 4 is 23.0 Å². The molecule has 6 heteroatoms. The van der Waals surface area contributed by atoms with Crippen LogP contribution >= 0.6 is 0 Å². The summed E-state index contributed by atoms with van der Waals surface area (Å²) in [5.74, 6) is 0.0359. The molecule has 0 bridgehead atoms. The molecule has 2 heterocycles. The molecule has 3 aromatic rings. The van der Waals surface area contributed by atoms with Gasteiger partial charge in [0.25, 0.3) is 6.01 Å². The molecule has 1 N–H and O–H groups in total. The van der Waals surface area contributed by atoms with Crippen LogP contribution in [0.25, 0.3) is 11.1 Å². The number of aromatic nitrogens is 1. The molecule has 0 radical (unpaired) electrons. The number of hydrogen-bond donors (Lipinski definition) is 1. The van der Waals surface area contributed by atoms with Crippen molar-refractivity contribution in [3.63, 3.8) is 0 Å². The number of nitrogens with zero attached hydrogens (tertiary/aromatic N) is 3. The number of oxazole rings is 1. The number of nitrogens with one attached hydrogen (secondary N) is 1. The molecule has 1 aliphatic rings. The van der Waals surface area contributed by atoms with Gasteiger partial charge in [-0.2, -0.15) is 10.2 Å². The van der Waals surface area contributed by atoms with Crippen molar-refractivity contribution < 1.29 is 9.21 Å². The van der Waals surface area contributed by atoms with Gasteiger partial charge < -0.3 is 14.6 Å². The third-order valence-corrected chi connectivity index (χ3v) is 5.16. The summed E-state index contributed by atoms with van der Waals surface area (Å²) < 4.78 is 5.89. The van der Waals surface area contributed by atoms with Crippen LogP contribution in [-0.2, 0) is 11.2 Å².